The van der Waals surface area contributed by atoms with Gasteiger partial charge in [0.15, 0.2) is 17.6 Å². The normalized spacial score (nSPS) is 13.5. The second kappa shape index (κ2) is 9.82. The lowest BCUT2D eigenvalue weighted by Crippen LogP contribution is -2.38. The molecule has 0 spiro atoms. The predicted molar refractivity (Wildman–Crippen MR) is 131 cm³/mol. The van der Waals surface area contributed by atoms with Crippen LogP contribution < -0.4 is 20.7 Å². The van der Waals surface area contributed by atoms with E-state index in [1.807, 2.05) is 42.2 Å². The smallest absolute Gasteiger partial charge is 0.416 e. The quantitative estimate of drug-likeness (QED) is 0.365. The number of hydrogen-bond donors (Lipinski definition) is 2. The highest BCUT2D eigenvalue weighted by Crippen LogP contribution is 2.41. The molecule has 0 aliphatic rings. The fraction of sp³-hybridized carbons (Fsp3) is 0.280. The molecule has 2 atom stereocenters. The van der Waals surface area contributed by atoms with Crippen molar-refractivity contribution in [3.63, 3.8) is 0 Å². The van der Waals surface area contributed by atoms with Gasteiger partial charge in [-0.2, -0.15) is 13.2 Å². The minimum Gasteiger partial charge on any atom is -0.493 e. The summed E-state index contributed by atoms with van der Waals surface area (Å²) in [5, 5.41) is 9.62. The molecule has 190 valence electrons. The Morgan fingerprint density at radius 3 is 2.44 bits per heavy atom. The van der Waals surface area contributed by atoms with Crippen molar-refractivity contribution < 1.29 is 27.8 Å². The first kappa shape index (κ1) is 25.5. The number of H-pyrrole nitrogens is 1. The van der Waals surface area contributed by atoms with Crippen molar-refractivity contribution in [3.05, 3.63) is 80.5 Å². The van der Waals surface area contributed by atoms with Crippen LogP contribution in [0.5, 0.6) is 11.5 Å². The number of nitrogens with one attached hydrogen (secondary N) is 1. The minimum atomic E-state index is -4.92. The largest absolute Gasteiger partial charge is 0.493 e. The first-order chi connectivity index (χ1) is 17.0. The number of ether oxygens (including phenoxy) is 2. The first-order valence-corrected chi connectivity index (χ1v) is 11.7. The van der Waals surface area contributed by atoms with Crippen LogP contribution in [0.25, 0.3) is 20.7 Å². The van der Waals surface area contributed by atoms with Gasteiger partial charge in [0.1, 0.15) is 10.9 Å². The lowest BCUT2D eigenvalue weighted by Gasteiger charge is -2.18. The number of aliphatic hydroxyl groups excluding tert-OH is 1. The van der Waals surface area contributed by atoms with Crippen LogP contribution in [0.1, 0.15) is 24.2 Å². The molecule has 2 aromatic carbocycles. The lowest BCUT2D eigenvalue weighted by atomic mass is 10.1. The zero-order valence-electron chi connectivity index (χ0n) is 19.6. The molecule has 4 rings (SSSR count). The van der Waals surface area contributed by atoms with E-state index in [-0.39, 0.29) is 16.3 Å². The topological polar surface area (TPSA) is 93.6 Å². The molecule has 4 aromatic rings. The van der Waals surface area contributed by atoms with E-state index >= 15 is 0 Å². The number of thiophene rings is 1. The predicted octanol–water partition coefficient (Wildman–Crippen LogP) is 4.80. The summed E-state index contributed by atoms with van der Waals surface area (Å²) in [4.78, 5) is 27.5. The molecule has 0 saturated heterocycles. The van der Waals surface area contributed by atoms with E-state index in [4.69, 9.17) is 9.47 Å². The zero-order valence-corrected chi connectivity index (χ0v) is 20.4. The Morgan fingerprint density at radius 2 is 1.81 bits per heavy atom. The number of halogens is 3. The summed E-state index contributed by atoms with van der Waals surface area (Å²) < 4.78 is 51.2. The highest BCUT2D eigenvalue weighted by Gasteiger charge is 2.39. The van der Waals surface area contributed by atoms with Gasteiger partial charge in [-0.05, 0) is 48.7 Å². The number of aromatic nitrogens is 2. The van der Waals surface area contributed by atoms with Gasteiger partial charge in [-0.15, -0.1) is 11.3 Å². The van der Waals surface area contributed by atoms with E-state index in [1.165, 1.54) is 7.11 Å². The zero-order chi connectivity index (χ0) is 26.2. The van der Waals surface area contributed by atoms with Crippen molar-refractivity contribution in [1.82, 2.24) is 9.55 Å². The number of fused-ring (bicyclic) bond motifs is 1. The molecule has 0 bridgehead atoms. The second-order valence-electron chi connectivity index (χ2n) is 8.20. The Hall–Kier alpha value is -3.57. The van der Waals surface area contributed by atoms with Crippen LogP contribution in [0.2, 0.25) is 0 Å². The highest BCUT2D eigenvalue weighted by molar-refractivity contribution is 7.22. The number of methoxy groups -OCH3 is 1. The number of alkyl halides is 3. The number of hydrogen-bond acceptors (Lipinski definition) is 6. The Bertz CT molecular complexity index is 1510. The summed E-state index contributed by atoms with van der Waals surface area (Å²) in [5.74, 6) is 0.908. The van der Waals surface area contributed by atoms with Crippen molar-refractivity contribution in [2.75, 3.05) is 7.11 Å². The molecule has 0 aliphatic heterocycles. The van der Waals surface area contributed by atoms with E-state index in [0.29, 0.717) is 27.5 Å². The minimum absolute atomic E-state index is 0.0385. The summed E-state index contributed by atoms with van der Waals surface area (Å²) in [6.45, 7) is 2.51. The van der Waals surface area contributed by atoms with Crippen LogP contribution in [0.4, 0.5) is 13.2 Å². The molecule has 36 heavy (non-hydrogen) atoms. The summed E-state index contributed by atoms with van der Waals surface area (Å²) >= 11 is 0.989. The molecule has 0 radical (unpaired) electrons. The van der Waals surface area contributed by atoms with Crippen LogP contribution in [0.3, 0.4) is 0 Å². The van der Waals surface area contributed by atoms with Gasteiger partial charge in [0.2, 0.25) is 0 Å². The summed E-state index contributed by atoms with van der Waals surface area (Å²) in [6, 6.07) is 14.8. The SMILES string of the molecule is COc1cc(-c2sc3c(c2C)c(=O)[nH]c(=O)n3C[C@@H](O)C(F)(F)F)ccc1OC(C)c1ccccc1. The number of aliphatic hydroxyl groups is 1. The molecule has 7 nitrogen and oxygen atoms in total. The Kier molecular flexibility index (Phi) is 6.96. The third kappa shape index (κ3) is 4.89. The third-order valence-electron chi connectivity index (χ3n) is 5.80. The molecule has 0 fully saturated rings. The van der Waals surface area contributed by atoms with Gasteiger partial charge in [0, 0.05) is 4.88 Å². The fourth-order valence-electron chi connectivity index (χ4n) is 3.88. The first-order valence-electron chi connectivity index (χ1n) is 10.9. The Morgan fingerprint density at radius 1 is 1.11 bits per heavy atom. The monoisotopic (exact) mass is 520 g/mol. The van der Waals surface area contributed by atoms with Gasteiger partial charge in [-0.1, -0.05) is 30.3 Å². The summed E-state index contributed by atoms with van der Waals surface area (Å²) in [6.07, 6.45) is -7.94. The van der Waals surface area contributed by atoms with Crippen molar-refractivity contribution in [1.29, 1.82) is 0 Å². The molecular weight excluding hydrogens is 497 g/mol. The highest BCUT2D eigenvalue weighted by atomic mass is 32.1. The van der Waals surface area contributed by atoms with E-state index in [0.717, 1.165) is 21.5 Å². The van der Waals surface area contributed by atoms with Crippen LogP contribution in [0, 0.1) is 6.92 Å². The maximum absolute atomic E-state index is 13.0. The van der Waals surface area contributed by atoms with Gasteiger partial charge < -0.3 is 14.6 Å². The van der Waals surface area contributed by atoms with Crippen molar-refractivity contribution in [2.24, 2.45) is 0 Å². The van der Waals surface area contributed by atoms with E-state index < -0.39 is 30.1 Å². The van der Waals surface area contributed by atoms with Crippen LogP contribution in [0.15, 0.2) is 58.1 Å². The van der Waals surface area contributed by atoms with Gasteiger partial charge >= 0.3 is 11.9 Å². The maximum Gasteiger partial charge on any atom is 0.416 e. The molecule has 0 aliphatic carbocycles. The summed E-state index contributed by atoms with van der Waals surface area (Å²) in [7, 11) is 1.48. The maximum atomic E-state index is 13.0. The molecule has 2 aromatic heterocycles. The van der Waals surface area contributed by atoms with Gasteiger partial charge in [-0.3, -0.25) is 14.3 Å². The summed E-state index contributed by atoms with van der Waals surface area (Å²) in [5.41, 5.74) is 0.346. The Balaban J connectivity index is 1.76. The fourth-order valence-corrected chi connectivity index (χ4v) is 5.19. The molecule has 2 N–H and O–H groups in total. The molecule has 11 heteroatoms. The number of benzene rings is 2. The Labute approximate surface area is 207 Å². The average molecular weight is 521 g/mol. The van der Waals surface area contributed by atoms with Gasteiger partial charge in [0.25, 0.3) is 5.56 Å². The van der Waals surface area contributed by atoms with E-state index in [9.17, 15) is 27.9 Å². The van der Waals surface area contributed by atoms with Crippen LogP contribution in [-0.2, 0) is 6.54 Å². The molecule has 0 saturated carbocycles. The molecular formula is C25H23F3N2O5S. The number of aryl methyl sites for hydroxylation is 1. The molecule has 0 amide bonds. The van der Waals surface area contributed by atoms with Crippen molar-refractivity contribution in [3.8, 4) is 21.9 Å². The van der Waals surface area contributed by atoms with Crippen LogP contribution >= 0.6 is 11.3 Å². The molecule has 2 heterocycles. The lowest BCUT2D eigenvalue weighted by molar-refractivity contribution is -0.207. The van der Waals surface area contributed by atoms with Crippen molar-refractivity contribution in [2.45, 2.75) is 38.8 Å². The van der Waals surface area contributed by atoms with Gasteiger partial charge in [-0.25, -0.2) is 4.79 Å². The van der Waals surface area contributed by atoms with Gasteiger partial charge in [0.05, 0.1) is 19.0 Å². The average Bonchev–Trinajstić information content (AvgIpc) is 3.19. The number of rotatable bonds is 7. The number of aromatic amines is 1. The van der Waals surface area contributed by atoms with Crippen LogP contribution in [-0.4, -0.2) is 34.0 Å². The second-order valence-corrected chi connectivity index (χ2v) is 9.20. The standard InChI is InChI=1S/C25H23F3N2O5S/c1-13-20-22(32)29-24(33)30(12-19(31)25(26,27)28)23(20)36-21(13)16-9-10-17(18(11-16)34-3)35-14(2)15-7-5-4-6-8-15/h4-11,14,19,31H,12H2,1-3H3,(H,29,32,33)/t14?,19-/m1/s1. The molecule has 1 unspecified atom stereocenters. The van der Waals surface area contributed by atoms with Crippen molar-refractivity contribution >= 4 is 21.6 Å². The number of nitrogens with zero attached hydrogens (tertiary/aromatic N) is 1. The van der Waals surface area contributed by atoms with E-state index in [2.05, 4.69) is 0 Å². The van der Waals surface area contributed by atoms with E-state index in [1.54, 1.807) is 25.1 Å². The third-order valence-corrected chi connectivity index (χ3v) is 7.16.